The number of nitrogens with zero attached hydrogens (tertiary/aromatic N) is 1. The van der Waals surface area contributed by atoms with E-state index in [0.29, 0.717) is 19.6 Å². The molecule has 1 unspecified atom stereocenters. The quantitative estimate of drug-likeness (QED) is 0.604. The van der Waals surface area contributed by atoms with Crippen LogP contribution in [0.25, 0.3) is 0 Å². The number of hydrogen-bond acceptors (Lipinski definition) is 5. The van der Waals surface area contributed by atoms with E-state index in [1.54, 1.807) is 4.90 Å². The molecule has 2 atom stereocenters. The minimum Gasteiger partial charge on any atom is -0.444 e. The molecule has 166 valence electrons. The molecule has 0 aromatic carbocycles. The number of amides is 1. The van der Waals surface area contributed by atoms with Gasteiger partial charge in [0.1, 0.15) is 11.3 Å². The molecule has 1 amide bonds. The summed E-state index contributed by atoms with van der Waals surface area (Å²) in [6.07, 6.45) is 1.01. The molecule has 1 saturated heterocycles. The molecule has 1 N–H and O–H groups in total. The summed E-state index contributed by atoms with van der Waals surface area (Å²) in [6.45, 7) is 21.7. The minimum atomic E-state index is -1.87. The maximum absolute atomic E-state index is 12.8. The van der Waals surface area contributed by atoms with Crippen molar-refractivity contribution in [2.24, 2.45) is 5.92 Å². The van der Waals surface area contributed by atoms with Gasteiger partial charge < -0.3 is 19.0 Å². The molecular formula is C21H43NO5Si. The molecule has 6 nitrogen and oxygen atoms in total. The second kappa shape index (κ2) is 9.02. The van der Waals surface area contributed by atoms with Crippen molar-refractivity contribution in [3.63, 3.8) is 0 Å². The van der Waals surface area contributed by atoms with Gasteiger partial charge in [-0.3, -0.25) is 4.90 Å². The average Bonchev–Trinajstić information content (AvgIpc) is 2.77. The summed E-state index contributed by atoms with van der Waals surface area (Å²) >= 11 is 0. The van der Waals surface area contributed by atoms with E-state index in [0.717, 1.165) is 6.42 Å². The third-order valence-corrected chi connectivity index (χ3v) is 10.3. The van der Waals surface area contributed by atoms with Crippen LogP contribution in [0.3, 0.4) is 0 Å². The predicted molar refractivity (Wildman–Crippen MR) is 115 cm³/mol. The molecule has 28 heavy (non-hydrogen) atoms. The smallest absolute Gasteiger partial charge is 0.412 e. The topological polar surface area (TPSA) is 68.2 Å². The van der Waals surface area contributed by atoms with Crippen LogP contribution in [0.2, 0.25) is 18.1 Å². The highest BCUT2D eigenvalue weighted by molar-refractivity contribution is 6.74. The number of hydrogen-bond donors (Lipinski definition) is 1. The first-order valence-electron chi connectivity index (χ1n) is 10.4. The van der Waals surface area contributed by atoms with Crippen molar-refractivity contribution in [1.29, 1.82) is 0 Å². The van der Waals surface area contributed by atoms with Gasteiger partial charge in [-0.15, -0.1) is 0 Å². The number of rotatable bonds is 7. The van der Waals surface area contributed by atoms with Crippen LogP contribution in [0.4, 0.5) is 4.79 Å². The fraction of sp³-hybridized carbons (Fsp3) is 0.952. The van der Waals surface area contributed by atoms with E-state index < -0.39 is 19.6 Å². The first kappa shape index (κ1) is 25.4. The van der Waals surface area contributed by atoms with Crippen molar-refractivity contribution in [3.8, 4) is 0 Å². The molecule has 7 heteroatoms. The predicted octanol–water partition coefficient (Wildman–Crippen LogP) is 4.77. The average molecular weight is 418 g/mol. The molecule has 0 aromatic rings. The third kappa shape index (κ3) is 7.01. The zero-order valence-electron chi connectivity index (χ0n) is 19.7. The van der Waals surface area contributed by atoms with E-state index >= 15 is 0 Å². The van der Waals surface area contributed by atoms with Gasteiger partial charge in [-0.25, -0.2) is 4.79 Å². The highest BCUT2D eigenvalue weighted by Gasteiger charge is 2.46. The van der Waals surface area contributed by atoms with Gasteiger partial charge in [0, 0.05) is 13.2 Å². The lowest BCUT2D eigenvalue weighted by atomic mass is 9.97. The molecule has 0 bridgehead atoms. The van der Waals surface area contributed by atoms with Gasteiger partial charge >= 0.3 is 6.09 Å². The van der Waals surface area contributed by atoms with Crippen LogP contribution in [0.1, 0.15) is 68.2 Å². The van der Waals surface area contributed by atoms with Crippen LogP contribution in [0.5, 0.6) is 0 Å². The maximum atomic E-state index is 12.8. The summed E-state index contributed by atoms with van der Waals surface area (Å²) in [6, 6.07) is -0.0931. The number of carbonyl (C=O) groups is 1. The SMILES string of the molecule is CC(C)(C)OC(=O)N1[C@H](CC(CCO)CO[Si](C)(C)C(C)(C)C)COC1(C)C. The summed E-state index contributed by atoms with van der Waals surface area (Å²) in [7, 11) is -1.87. The molecular weight excluding hydrogens is 374 g/mol. The van der Waals surface area contributed by atoms with Gasteiger partial charge in [0.05, 0.1) is 12.6 Å². The first-order valence-corrected chi connectivity index (χ1v) is 13.3. The van der Waals surface area contributed by atoms with Gasteiger partial charge in [-0.2, -0.15) is 0 Å². The van der Waals surface area contributed by atoms with Gasteiger partial charge in [0.15, 0.2) is 8.32 Å². The molecule has 1 fully saturated rings. The van der Waals surface area contributed by atoms with E-state index in [2.05, 4.69) is 33.9 Å². The van der Waals surface area contributed by atoms with Crippen LogP contribution >= 0.6 is 0 Å². The Morgan fingerprint density at radius 1 is 1.25 bits per heavy atom. The Morgan fingerprint density at radius 2 is 1.82 bits per heavy atom. The summed E-state index contributed by atoms with van der Waals surface area (Å²) in [5.74, 6) is 0.159. The number of aliphatic hydroxyl groups excluding tert-OH is 1. The van der Waals surface area contributed by atoms with Crippen molar-refractivity contribution < 1.29 is 23.8 Å². The molecule has 1 heterocycles. The van der Waals surface area contributed by atoms with Crippen LogP contribution in [0, 0.1) is 5.92 Å². The monoisotopic (exact) mass is 417 g/mol. The van der Waals surface area contributed by atoms with Crippen molar-refractivity contribution >= 4 is 14.4 Å². The summed E-state index contributed by atoms with van der Waals surface area (Å²) in [4.78, 5) is 14.5. The van der Waals surface area contributed by atoms with Crippen LogP contribution < -0.4 is 0 Å². The Hall–Kier alpha value is -0.633. The first-order chi connectivity index (χ1) is 12.5. The van der Waals surface area contributed by atoms with Crippen molar-refractivity contribution in [1.82, 2.24) is 4.90 Å². The fourth-order valence-electron chi connectivity index (χ4n) is 3.12. The lowest BCUT2D eigenvalue weighted by Crippen LogP contribution is -2.50. The number of ether oxygens (including phenoxy) is 2. The summed E-state index contributed by atoms with van der Waals surface area (Å²) < 4.78 is 17.9. The standard InChI is InChI=1S/C21H43NO5Si/c1-19(2,3)27-18(24)22-17(15-25-21(22,7)8)13-16(11-12-23)14-26-28(9,10)20(4,5)6/h16-17,23H,11-15H2,1-10H3/t16?,17-/m1/s1. The summed E-state index contributed by atoms with van der Waals surface area (Å²) in [5, 5.41) is 9.69. The molecule has 0 aromatic heterocycles. The highest BCUT2D eigenvalue weighted by Crippen LogP contribution is 2.38. The molecule has 1 rings (SSSR count). The van der Waals surface area contributed by atoms with Crippen LogP contribution in [-0.4, -0.2) is 61.6 Å². The molecule has 1 aliphatic heterocycles. The van der Waals surface area contributed by atoms with Crippen LogP contribution in [-0.2, 0) is 13.9 Å². The van der Waals surface area contributed by atoms with E-state index in [9.17, 15) is 9.90 Å². The molecule has 0 saturated carbocycles. The fourth-order valence-corrected chi connectivity index (χ4v) is 4.20. The Kier molecular flexibility index (Phi) is 8.18. The molecule has 1 aliphatic rings. The Bertz CT molecular complexity index is 522. The van der Waals surface area contributed by atoms with Gasteiger partial charge in [-0.05, 0) is 71.5 Å². The Balaban J connectivity index is 2.88. The second-order valence-corrected chi connectivity index (χ2v) is 15.8. The molecule has 0 radical (unpaired) electrons. The molecule has 0 spiro atoms. The van der Waals surface area contributed by atoms with Crippen LogP contribution in [0.15, 0.2) is 0 Å². The lowest BCUT2D eigenvalue weighted by molar-refractivity contribution is -0.0633. The minimum absolute atomic E-state index is 0.0931. The zero-order valence-corrected chi connectivity index (χ0v) is 20.7. The Morgan fingerprint density at radius 3 is 2.29 bits per heavy atom. The Labute approximate surface area is 173 Å². The normalized spacial score (nSPS) is 21.7. The zero-order chi connectivity index (χ0) is 22.0. The molecule has 0 aliphatic carbocycles. The lowest BCUT2D eigenvalue weighted by Gasteiger charge is -2.38. The van der Waals surface area contributed by atoms with E-state index in [1.165, 1.54) is 0 Å². The van der Waals surface area contributed by atoms with E-state index in [1.807, 2.05) is 34.6 Å². The van der Waals surface area contributed by atoms with Crippen molar-refractivity contribution in [2.75, 3.05) is 19.8 Å². The van der Waals surface area contributed by atoms with Crippen molar-refractivity contribution in [2.45, 2.75) is 104 Å². The van der Waals surface area contributed by atoms with E-state index in [-0.39, 0.29) is 29.7 Å². The highest BCUT2D eigenvalue weighted by atomic mass is 28.4. The number of aliphatic hydroxyl groups is 1. The van der Waals surface area contributed by atoms with Crippen molar-refractivity contribution in [3.05, 3.63) is 0 Å². The largest absolute Gasteiger partial charge is 0.444 e. The van der Waals surface area contributed by atoms with Gasteiger partial charge in [0.2, 0.25) is 0 Å². The van der Waals surface area contributed by atoms with Gasteiger partial charge in [-0.1, -0.05) is 20.8 Å². The summed E-state index contributed by atoms with van der Waals surface area (Å²) in [5.41, 5.74) is -1.27. The maximum Gasteiger partial charge on any atom is 0.412 e. The second-order valence-electron chi connectivity index (χ2n) is 10.9. The van der Waals surface area contributed by atoms with Gasteiger partial charge in [0.25, 0.3) is 0 Å². The van der Waals surface area contributed by atoms with E-state index in [4.69, 9.17) is 13.9 Å². The number of carbonyl (C=O) groups excluding carboxylic acids is 1. The third-order valence-electron chi connectivity index (χ3n) is 5.79.